The molecule has 1 aromatic carbocycles. The van der Waals surface area contributed by atoms with Crippen LogP contribution in [-0.4, -0.2) is 17.3 Å². The topological polar surface area (TPSA) is 32.3 Å². The molecular weight excluding hydrogens is 293 g/mol. The van der Waals surface area contributed by atoms with Gasteiger partial charge in [-0.25, -0.2) is 22.0 Å². The lowest BCUT2D eigenvalue weighted by molar-refractivity contribution is 0.00489. The molecule has 0 atom stereocenters. The van der Waals surface area contributed by atoms with Crippen LogP contribution in [0.3, 0.4) is 0 Å². The minimum Gasteiger partial charge on any atom is -0.388 e. The molecule has 21 heavy (non-hydrogen) atoms. The van der Waals surface area contributed by atoms with Crippen molar-refractivity contribution in [3.05, 3.63) is 29.1 Å². The summed E-state index contributed by atoms with van der Waals surface area (Å²) in [6.45, 7) is 1.76. The summed E-state index contributed by atoms with van der Waals surface area (Å²) in [6, 6.07) is 0. The van der Waals surface area contributed by atoms with E-state index in [4.69, 9.17) is 0 Å². The highest BCUT2D eigenvalue weighted by Gasteiger charge is 2.33. The summed E-state index contributed by atoms with van der Waals surface area (Å²) in [5, 5.41) is 12.4. The van der Waals surface area contributed by atoms with Crippen LogP contribution in [0.2, 0.25) is 0 Å². The first-order chi connectivity index (χ1) is 9.75. The van der Waals surface area contributed by atoms with Crippen LogP contribution in [0.25, 0.3) is 0 Å². The van der Waals surface area contributed by atoms with Crippen molar-refractivity contribution in [1.82, 2.24) is 0 Å². The molecular formula is C14H16F5NO. The third-order valence-corrected chi connectivity index (χ3v) is 4.01. The summed E-state index contributed by atoms with van der Waals surface area (Å²) in [7, 11) is 0. The zero-order valence-electron chi connectivity index (χ0n) is 11.4. The number of anilines is 1. The van der Waals surface area contributed by atoms with Gasteiger partial charge in [0.2, 0.25) is 5.82 Å². The summed E-state index contributed by atoms with van der Waals surface area (Å²) in [5.41, 5.74) is -2.30. The number of benzene rings is 1. The van der Waals surface area contributed by atoms with E-state index in [9.17, 15) is 27.1 Å². The lowest BCUT2D eigenvalue weighted by Crippen LogP contribution is -2.40. The van der Waals surface area contributed by atoms with E-state index in [0.29, 0.717) is 18.8 Å². The SMILES string of the molecule is CC1CCC(O)(CNc2c(F)c(F)c(F)c(F)c2F)CC1. The predicted molar refractivity (Wildman–Crippen MR) is 67.3 cm³/mol. The van der Waals surface area contributed by atoms with E-state index in [1.165, 1.54) is 0 Å². The molecule has 2 N–H and O–H groups in total. The highest BCUT2D eigenvalue weighted by atomic mass is 19.2. The fourth-order valence-corrected chi connectivity index (χ4v) is 2.49. The van der Waals surface area contributed by atoms with Gasteiger partial charge in [0.05, 0.1) is 5.60 Å². The monoisotopic (exact) mass is 309 g/mol. The minimum atomic E-state index is -2.19. The summed E-state index contributed by atoms with van der Waals surface area (Å²) in [5.74, 6) is -9.58. The Morgan fingerprint density at radius 2 is 1.38 bits per heavy atom. The largest absolute Gasteiger partial charge is 0.388 e. The van der Waals surface area contributed by atoms with Crippen molar-refractivity contribution in [2.75, 3.05) is 11.9 Å². The fraction of sp³-hybridized carbons (Fsp3) is 0.571. The van der Waals surface area contributed by atoms with Crippen LogP contribution in [0.4, 0.5) is 27.6 Å². The molecule has 118 valence electrons. The van der Waals surface area contributed by atoms with Crippen molar-refractivity contribution in [2.45, 2.75) is 38.2 Å². The van der Waals surface area contributed by atoms with Gasteiger partial charge in [-0.15, -0.1) is 0 Å². The van der Waals surface area contributed by atoms with Crippen molar-refractivity contribution in [1.29, 1.82) is 0 Å². The third kappa shape index (κ3) is 3.12. The van der Waals surface area contributed by atoms with Crippen LogP contribution in [-0.2, 0) is 0 Å². The van der Waals surface area contributed by atoms with E-state index in [1.54, 1.807) is 0 Å². The van der Waals surface area contributed by atoms with Crippen LogP contribution < -0.4 is 5.32 Å². The van der Waals surface area contributed by atoms with E-state index >= 15 is 0 Å². The van der Waals surface area contributed by atoms with Gasteiger partial charge in [0.1, 0.15) is 5.69 Å². The Kier molecular flexibility index (Phi) is 4.41. The number of nitrogens with one attached hydrogen (secondary N) is 1. The van der Waals surface area contributed by atoms with Crippen LogP contribution in [0, 0.1) is 35.0 Å². The number of aliphatic hydroxyl groups is 1. The zero-order valence-corrected chi connectivity index (χ0v) is 11.4. The molecule has 0 aliphatic heterocycles. The standard InChI is InChI=1S/C14H16F5NO/c1-7-2-4-14(21,5-3-7)6-20-13-11(18)9(16)8(15)10(17)12(13)19/h7,20-21H,2-6H2,1H3. The maximum absolute atomic E-state index is 13.5. The first-order valence-corrected chi connectivity index (χ1v) is 6.73. The number of hydrogen-bond donors (Lipinski definition) is 2. The van der Waals surface area contributed by atoms with Gasteiger partial charge in [-0.2, -0.15) is 0 Å². The molecule has 2 nitrogen and oxygen atoms in total. The molecule has 0 bridgehead atoms. The molecule has 0 heterocycles. The van der Waals surface area contributed by atoms with Crippen molar-refractivity contribution in [2.24, 2.45) is 5.92 Å². The van der Waals surface area contributed by atoms with Gasteiger partial charge in [-0.3, -0.25) is 0 Å². The van der Waals surface area contributed by atoms with Gasteiger partial charge in [0.25, 0.3) is 0 Å². The average Bonchev–Trinajstić information content (AvgIpc) is 2.46. The summed E-state index contributed by atoms with van der Waals surface area (Å²) >= 11 is 0. The van der Waals surface area contributed by atoms with Crippen LogP contribution in [0.1, 0.15) is 32.6 Å². The Bertz CT molecular complexity index is 512. The van der Waals surface area contributed by atoms with Crippen molar-refractivity contribution in [3.63, 3.8) is 0 Å². The van der Waals surface area contributed by atoms with Crippen molar-refractivity contribution < 1.29 is 27.1 Å². The van der Waals surface area contributed by atoms with Gasteiger partial charge in [-0.05, 0) is 31.6 Å². The molecule has 1 aromatic rings. The Morgan fingerprint density at radius 1 is 0.952 bits per heavy atom. The lowest BCUT2D eigenvalue weighted by atomic mass is 9.79. The molecule has 1 saturated carbocycles. The number of hydrogen-bond acceptors (Lipinski definition) is 2. The van der Waals surface area contributed by atoms with Crippen molar-refractivity contribution >= 4 is 5.69 Å². The minimum absolute atomic E-state index is 0.266. The Morgan fingerprint density at radius 3 is 1.86 bits per heavy atom. The quantitative estimate of drug-likeness (QED) is 0.506. The lowest BCUT2D eigenvalue weighted by Gasteiger charge is -2.35. The van der Waals surface area contributed by atoms with Crippen LogP contribution in [0.15, 0.2) is 0 Å². The normalized spacial score (nSPS) is 26.0. The summed E-state index contributed by atoms with van der Waals surface area (Å²) in [6.07, 6.45) is 2.32. The molecule has 0 spiro atoms. The number of halogens is 5. The van der Waals surface area contributed by atoms with Gasteiger partial charge < -0.3 is 10.4 Å². The smallest absolute Gasteiger partial charge is 0.200 e. The zero-order chi connectivity index (χ0) is 15.8. The molecule has 0 amide bonds. The van der Waals surface area contributed by atoms with Crippen LogP contribution >= 0.6 is 0 Å². The molecule has 2 rings (SSSR count). The second-order valence-electron chi connectivity index (χ2n) is 5.71. The van der Waals surface area contributed by atoms with E-state index in [2.05, 4.69) is 5.32 Å². The first-order valence-electron chi connectivity index (χ1n) is 6.73. The van der Waals surface area contributed by atoms with Gasteiger partial charge in [0.15, 0.2) is 23.3 Å². The van der Waals surface area contributed by atoms with Gasteiger partial charge in [0, 0.05) is 6.54 Å². The van der Waals surface area contributed by atoms with E-state index in [-0.39, 0.29) is 6.54 Å². The molecule has 0 unspecified atom stereocenters. The van der Waals surface area contributed by atoms with Crippen LogP contribution in [0.5, 0.6) is 0 Å². The molecule has 1 aliphatic carbocycles. The highest BCUT2D eigenvalue weighted by molar-refractivity contribution is 5.48. The molecule has 0 radical (unpaired) electrons. The summed E-state index contributed by atoms with van der Waals surface area (Å²) < 4.78 is 66.0. The Hall–Kier alpha value is -1.37. The Balaban J connectivity index is 2.17. The molecule has 1 fully saturated rings. The Labute approximate surface area is 119 Å². The molecule has 0 saturated heterocycles. The van der Waals surface area contributed by atoms with E-state index in [0.717, 1.165) is 12.8 Å². The fourth-order valence-electron chi connectivity index (χ4n) is 2.49. The van der Waals surface area contributed by atoms with Gasteiger partial charge >= 0.3 is 0 Å². The molecule has 1 aliphatic rings. The van der Waals surface area contributed by atoms with Crippen molar-refractivity contribution in [3.8, 4) is 0 Å². The maximum Gasteiger partial charge on any atom is 0.200 e. The third-order valence-electron chi connectivity index (χ3n) is 4.01. The first kappa shape index (κ1) is 16.0. The van der Waals surface area contributed by atoms with E-state index < -0.39 is 40.4 Å². The molecule has 7 heteroatoms. The number of rotatable bonds is 3. The second-order valence-corrected chi connectivity index (χ2v) is 5.71. The molecule has 0 aromatic heterocycles. The summed E-state index contributed by atoms with van der Waals surface area (Å²) in [4.78, 5) is 0. The predicted octanol–water partition coefficient (Wildman–Crippen LogP) is 3.74. The highest BCUT2D eigenvalue weighted by Crippen LogP contribution is 2.33. The maximum atomic E-state index is 13.5. The second kappa shape index (κ2) is 5.79. The van der Waals surface area contributed by atoms with E-state index in [1.807, 2.05) is 6.92 Å². The average molecular weight is 309 g/mol. The van der Waals surface area contributed by atoms with Gasteiger partial charge in [-0.1, -0.05) is 6.92 Å².